The lowest BCUT2D eigenvalue weighted by Crippen LogP contribution is -2.42. The van der Waals surface area contributed by atoms with Crippen molar-refractivity contribution in [2.75, 3.05) is 20.1 Å². The molecule has 0 radical (unpaired) electrons. The quantitative estimate of drug-likeness (QED) is 0.389. The number of primary amides is 1. The van der Waals surface area contributed by atoms with Crippen LogP contribution in [-0.4, -0.2) is 42.9 Å². The minimum Gasteiger partial charge on any atom is -0.366 e. The third-order valence-electron chi connectivity index (χ3n) is 4.48. The van der Waals surface area contributed by atoms with E-state index in [1.807, 2.05) is 25.2 Å². The van der Waals surface area contributed by atoms with Gasteiger partial charge >= 0.3 is 0 Å². The van der Waals surface area contributed by atoms with Gasteiger partial charge in [-0.25, -0.2) is 0 Å². The molecular formula is C22H35N3O2. The minimum absolute atomic E-state index is 0.0297. The minimum atomic E-state index is -0.499. The molecule has 0 fully saturated rings. The lowest BCUT2D eigenvalue weighted by Gasteiger charge is -2.23. The molecule has 1 aromatic carbocycles. The van der Waals surface area contributed by atoms with Gasteiger partial charge in [0.2, 0.25) is 11.8 Å². The largest absolute Gasteiger partial charge is 0.366 e. The van der Waals surface area contributed by atoms with Crippen LogP contribution >= 0.6 is 0 Å². The highest BCUT2D eigenvalue weighted by molar-refractivity contribution is 5.86. The molecule has 0 saturated heterocycles. The molecule has 3 N–H and O–H groups in total. The fourth-order valence-electron chi connectivity index (χ4n) is 2.93. The summed E-state index contributed by atoms with van der Waals surface area (Å²) >= 11 is 0. The van der Waals surface area contributed by atoms with Gasteiger partial charge in [0.1, 0.15) is 0 Å². The number of nitrogens with two attached hydrogens (primary N) is 1. The van der Waals surface area contributed by atoms with Crippen molar-refractivity contribution in [2.24, 2.45) is 5.73 Å². The highest BCUT2D eigenvalue weighted by Gasteiger charge is 2.12. The first kappa shape index (κ1) is 22.9. The van der Waals surface area contributed by atoms with Gasteiger partial charge in [-0.2, -0.15) is 0 Å². The van der Waals surface area contributed by atoms with Gasteiger partial charge in [0, 0.05) is 25.6 Å². The predicted octanol–water partition coefficient (Wildman–Crippen LogP) is 3.05. The summed E-state index contributed by atoms with van der Waals surface area (Å²) in [5, 5.41) is 3.02. The lowest BCUT2D eigenvalue weighted by molar-refractivity contribution is -0.121. The Hall–Kier alpha value is -2.14. The van der Waals surface area contributed by atoms with Crippen molar-refractivity contribution in [1.82, 2.24) is 10.2 Å². The zero-order chi connectivity index (χ0) is 19.9. The maximum atomic E-state index is 12.2. The van der Waals surface area contributed by atoms with Crippen molar-refractivity contribution in [2.45, 2.75) is 57.9 Å². The fraction of sp³-hybridized carbons (Fsp3) is 0.545. The fourth-order valence-corrected chi connectivity index (χ4v) is 2.93. The van der Waals surface area contributed by atoms with Crippen LogP contribution < -0.4 is 11.1 Å². The first-order valence-electron chi connectivity index (χ1n) is 10.0. The Morgan fingerprint density at radius 2 is 1.85 bits per heavy atom. The monoisotopic (exact) mass is 373 g/mol. The molecule has 2 amide bonds. The number of nitrogens with one attached hydrogen (secondary N) is 1. The summed E-state index contributed by atoms with van der Waals surface area (Å²) in [5.74, 6) is -0.470. The van der Waals surface area contributed by atoms with E-state index in [1.54, 1.807) is 6.08 Å². The molecule has 0 bridgehead atoms. The third-order valence-corrected chi connectivity index (χ3v) is 4.48. The SMILES string of the molecule is CCCCCCCC(=O)NC(/C=C/C(N)=O)CN(C)CCc1ccccc1. The molecule has 0 heterocycles. The van der Waals surface area contributed by atoms with E-state index < -0.39 is 5.91 Å². The standard InChI is InChI=1S/C22H35N3O2/c1-3-4-5-6-10-13-22(27)24-20(14-15-21(23)26)18-25(2)17-16-19-11-8-7-9-12-19/h7-9,11-12,14-15,20H,3-6,10,13,16-18H2,1-2H3,(H2,23,26)(H,24,27)/b15-14+. The molecule has 0 aliphatic heterocycles. The Morgan fingerprint density at radius 3 is 2.52 bits per heavy atom. The molecule has 5 heteroatoms. The van der Waals surface area contributed by atoms with Gasteiger partial charge in [-0.1, -0.05) is 69.0 Å². The summed E-state index contributed by atoms with van der Waals surface area (Å²) in [5.41, 5.74) is 6.49. The van der Waals surface area contributed by atoms with Crippen molar-refractivity contribution in [3.63, 3.8) is 0 Å². The van der Waals surface area contributed by atoms with Gasteiger partial charge in [0.25, 0.3) is 0 Å². The summed E-state index contributed by atoms with van der Waals surface area (Å²) in [6, 6.07) is 10.1. The van der Waals surface area contributed by atoms with E-state index in [4.69, 9.17) is 5.73 Å². The Kier molecular flexibility index (Phi) is 11.9. The van der Waals surface area contributed by atoms with E-state index in [1.165, 1.54) is 30.9 Å². The maximum Gasteiger partial charge on any atom is 0.241 e. The molecule has 5 nitrogen and oxygen atoms in total. The van der Waals surface area contributed by atoms with Crippen LogP contribution in [0.1, 0.15) is 51.0 Å². The molecule has 0 spiro atoms. The lowest BCUT2D eigenvalue weighted by atomic mass is 10.1. The van der Waals surface area contributed by atoms with E-state index in [0.29, 0.717) is 13.0 Å². The number of hydrogen-bond donors (Lipinski definition) is 2. The van der Waals surface area contributed by atoms with Crippen LogP contribution in [0.25, 0.3) is 0 Å². The zero-order valence-corrected chi connectivity index (χ0v) is 16.8. The average molecular weight is 374 g/mol. The molecule has 0 aliphatic rings. The first-order valence-corrected chi connectivity index (χ1v) is 10.0. The van der Waals surface area contributed by atoms with Crippen molar-refractivity contribution in [1.29, 1.82) is 0 Å². The molecule has 1 unspecified atom stereocenters. The van der Waals surface area contributed by atoms with Gasteiger partial charge in [-0.3, -0.25) is 9.59 Å². The first-order chi connectivity index (χ1) is 13.0. The topological polar surface area (TPSA) is 75.4 Å². The van der Waals surface area contributed by atoms with Gasteiger partial charge in [0.05, 0.1) is 6.04 Å². The predicted molar refractivity (Wildman–Crippen MR) is 111 cm³/mol. The number of unbranched alkanes of at least 4 members (excludes halogenated alkanes) is 4. The smallest absolute Gasteiger partial charge is 0.241 e. The number of benzene rings is 1. The van der Waals surface area contributed by atoms with E-state index in [2.05, 4.69) is 29.3 Å². The Morgan fingerprint density at radius 1 is 1.15 bits per heavy atom. The summed E-state index contributed by atoms with van der Waals surface area (Å²) in [6.45, 7) is 3.69. The molecule has 27 heavy (non-hydrogen) atoms. The van der Waals surface area contributed by atoms with E-state index in [9.17, 15) is 9.59 Å². The molecular weight excluding hydrogens is 338 g/mol. The Labute approximate surface area is 164 Å². The molecule has 0 aromatic heterocycles. The van der Waals surface area contributed by atoms with Crippen LogP contribution in [0.4, 0.5) is 0 Å². The van der Waals surface area contributed by atoms with Gasteiger partial charge < -0.3 is 16.0 Å². The molecule has 1 rings (SSSR count). The van der Waals surface area contributed by atoms with Crippen molar-refractivity contribution < 1.29 is 9.59 Å². The molecule has 1 atom stereocenters. The van der Waals surface area contributed by atoms with Gasteiger partial charge in [-0.05, 0) is 25.5 Å². The number of likely N-dealkylation sites (N-methyl/N-ethyl adjacent to an activating group) is 1. The van der Waals surface area contributed by atoms with Gasteiger partial charge in [0.15, 0.2) is 0 Å². The van der Waals surface area contributed by atoms with Crippen LogP contribution in [0.2, 0.25) is 0 Å². The highest BCUT2D eigenvalue weighted by atomic mass is 16.2. The Balaban J connectivity index is 2.45. The van der Waals surface area contributed by atoms with E-state index >= 15 is 0 Å². The number of rotatable bonds is 14. The number of carbonyl (C=O) groups excluding carboxylic acids is 2. The second-order valence-corrected chi connectivity index (χ2v) is 7.10. The number of nitrogens with zero attached hydrogens (tertiary/aromatic N) is 1. The maximum absolute atomic E-state index is 12.2. The number of hydrogen-bond acceptors (Lipinski definition) is 3. The molecule has 1 aromatic rings. The normalized spacial score (nSPS) is 12.4. The summed E-state index contributed by atoms with van der Waals surface area (Å²) in [7, 11) is 2.02. The van der Waals surface area contributed by atoms with Crippen LogP contribution in [0.3, 0.4) is 0 Å². The summed E-state index contributed by atoms with van der Waals surface area (Å²) in [4.78, 5) is 25.4. The van der Waals surface area contributed by atoms with Crippen LogP contribution in [0.5, 0.6) is 0 Å². The average Bonchev–Trinajstić information content (AvgIpc) is 2.65. The zero-order valence-electron chi connectivity index (χ0n) is 16.8. The van der Waals surface area contributed by atoms with E-state index in [0.717, 1.165) is 25.8 Å². The summed E-state index contributed by atoms with van der Waals surface area (Å²) in [6.07, 6.45) is 10.1. The summed E-state index contributed by atoms with van der Waals surface area (Å²) < 4.78 is 0. The number of amides is 2. The van der Waals surface area contributed by atoms with E-state index in [-0.39, 0.29) is 11.9 Å². The Bertz CT molecular complexity index is 572. The third kappa shape index (κ3) is 12.0. The highest BCUT2D eigenvalue weighted by Crippen LogP contribution is 2.06. The molecule has 150 valence electrons. The van der Waals surface area contributed by atoms with Crippen LogP contribution in [-0.2, 0) is 16.0 Å². The van der Waals surface area contributed by atoms with Crippen molar-refractivity contribution >= 4 is 11.8 Å². The van der Waals surface area contributed by atoms with Crippen LogP contribution in [0.15, 0.2) is 42.5 Å². The second-order valence-electron chi connectivity index (χ2n) is 7.10. The molecule has 0 aliphatic carbocycles. The number of carbonyl (C=O) groups is 2. The second kappa shape index (κ2) is 14.0. The molecule has 0 saturated carbocycles. The van der Waals surface area contributed by atoms with Crippen molar-refractivity contribution in [3.8, 4) is 0 Å². The van der Waals surface area contributed by atoms with Crippen LogP contribution in [0, 0.1) is 0 Å². The van der Waals surface area contributed by atoms with Gasteiger partial charge in [-0.15, -0.1) is 0 Å². The van der Waals surface area contributed by atoms with Crippen molar-refractivity contribution in [3.05, 3.63) is 48.0 Å².